The van der Waals surface area contributed by atoms with Gasteiger partial charge in [-0.2, -0.15) is 0 Å². The molecule has 1 aliphatic rings. The number of benzene rings is 1. The van der Waals surface area contributed by atoms with E-state index in [1.165, 1.54) is 5.56 Å². The topological polar surface area (TPSA) is 56.4 Å². The lowest BCUT2D eigenvalue weighted by Crippen LogP contribution is -2.44. The maximum absolute atomic E-state index is 13.4. The van der Waals surface area contributed by atoms with E-state index in [9.17, 15) is 14.0 Å². The van der Waals surface area contributed by atoms with Crippen molar-refractivity contribution in [3.05, 3.63) is 69.9 Å². The molecule has 2 heterocycles. The molecule has 1 amide bonds. The summed E-state index contributed by atoms with van der Waals surface area (Å²) in [6, 6.07) is 11.2. The van der Waals surface area contributed by atoms with Gasteiger partial charge in [0.1, 0.15) is 11.4 Å². The highest BCUT2D eigenvalue weighted by Crippen LogP contribution is 2.15. The second kappa shape index (κ2) is 7.61. The van der Waals surface area contributed by atoms with E-state index in [2.05, 4.69) is 22.0 Å². The molecule has 1 aliphatic heterocycles. The number of aromatic amines is 1. The van der Waals surface area contributed by atoms with Gasteiger partial charge in [0.05, 0.1) is 0 Å². The number of hydrogen-bond acceptors (Lipinski definition) is 3. The van der Waals surface area contributed by atoms with Crippen LogP contribution in [0.3, 0.4) is 0 Å². The zero-order valence-corrected chi connectivity index (χ0v) is 14.2. The first kappa shape index (κ1) is 17.4. The molecule has 5 nitrogen and oxygen atoms in total. The van der Waals surface area contributed by atoms with Gasteiger partial charge < -0.3 is 9.88 Å². The Kier molecular flexibility index (Phi) is 5.28. The maximum Gasteiger partial charge on any atom is 0.260 e. The van der Waals surface area contributed by atoms with Gasteiger partial charge in [-0.3, -0.25) is 14.5 Å². The van der Waals surface area contributed by atoms with E-state index in [1.807, 2.05) is 25.1 Å². The van der Waals surface area contributed by atoms with Crippen LogP contribution in [-0.2, 0) is 6.54 Å². The Morgan fingerprint density at radius 3 is 2.80 bits per heavy atom. The van der Waals surface area contributed by atoms with Gasteiger partial charge in [0.2, 0.25) is 0 Å². The number of nitrogens with zero attached hydrogens (tertiary/aromatic N) is 2. The molecule has 0 radical (unpaired) electrons. The number of hydrogen-bond donors (Lipinski definition) is 1. The van der Waals surface area contributed by atoms with E-state index < -0.39 is 17.3 Å². The standard InChI is InChI=1S/C19H22FN3O2/c1-14-12-22(13-15-6-3-2-4-7-15)8-5-9-23(14)19(25)17-10-16(20)11-21-18(17)24/h2-4,6-7,10-11,14H,5,8-9,12-13H2,1H3,(H,21,24). The molecule has 132 valence electrons. The van der Waals surface area contributed by atoms with Crippen LogP contribution >= 0.6 is 0 Å². The highest BCUT2D eigenvalue weighted by atomic mass is 19.1. The van der Waals surface area contributed by atoms with E-state index in [0.29, 0.717) is 13.1 Å². The van der Waals surface area contributed by atoms with E-state index in [4.69, 9.17) is 0 Å². The fourth-order valence-electron chi connectivity index (χ4n) is 3.31. The van der Waals surface area contributed by atoms with Gasteiger partial charge in [0.15, 0.2) is 0 Å². The Bertz CT molecular complexity index is 791. The lowest BCUT2D eigenvalue weighted by Gasteiger charge is -2.29. The molecule has 6 heteroatoms. The van der Waals surface area contributed by atoms with Crippen molar-refractivity contribution in [3.8, 4) is 0 Å². The van der Waals surface area contributed by atoms with Gasteiger partial charge in [-0.15, -0.1) is 0 Å². The molecule has 1 atom stereocenters. The molecule has 1 N–H and O–H groups in total. The Balaban J connectivity index is 1.73. The molecule has 1 unspecified atom stereocenters. The van der Waals surface area contributed by atoms with Gasteiger partial charge >= 0.3 is 0 Å². The fraction of sp³-hybridized carbons (Fsp3) is 0.368. The second-order valence-electron chi connectivity index (χ2n) is 6.48. The third kappa shape index (κ3) is 4.14. The SMILES string of the molecule is CC1CN(Cc2ccccc2)CCCN1C(=O)c1cc(F)c[nH]c1=O. The molecule has 2 aromatic rings. The molecule has 25 heavy (non-hydrogen) atoms. The summed E-state index contributed by atoms with van der Waals surface area (Å²) in [5.74, 6) is -1.02. The van der Waals surface area contributed by atoms with Crippen molar-refractivity contribution in [1.29, 1.82) is 0 Å². The highest BCUT2D eigenvalue weighted by Gasteiger charge is 2.27. The zero-order valence-electron chi connectivity index (χ0n) is 14.2. The van der Waals surface area contributed by atoms with Gasteiger partial charge in [-0.25, -0.2) is 4.39 Å². The first-order chi connectivity index (χ1) is 12.0. The smallest absolute Gasteiger partial charge is 0.260 e. The summed E-state index contributed by atoms with van der Waals surface area (Å²) >= 11 is 0. The summed E-state index contributed by atoms with van der Waals surface area (Å²) in [6.45, 7) is 4.94. The van der Waals surface area contributed by atoms with Crippen LogP contribution in [0.4, 0.5) is 4.39 Å². The van der Waals surface area contributed by atoms with Crippen LogP contribution in [0.25, 0.3) is 0 Å². The van der Waals surface area contributed by atoms with E-state index in [0.717, 1.165) is 31.8 Å². The van der Waals surface area contributed by atoms with Crippen LogP contribution in [-0.4, -0.2) is 46.4 Å². The lowest BCUT2D eigenvalue weighted by atomic mass is 10.2. The number of carbonyl (C=O) groups excluding carboxylic acids is 1. The largest absolute Gasteiger partial charge is 0.334 e. The van der Waals surface area contributed by atoms with Crippen LogP contribution in [0.1, 0.15) is 29.3 Å². The molecular weight excluding hydrogens is 321 g/mol. The Morgan fingerprint density at radius 1 is 1.28 bits per heavy atom. The van der Waals surface area contributed by atoms with Crippen LogP contribution in [0.15, 0.2) is 47.4 Å². The number of rotatable bonds is 3. The molecule has 1 aromatic carbocycles. The van der Waals surface area contributed by atoms with Crippen molar-refractivity contribution < 1.29 is 9.18 Å². The van der Waals surface area contributed by atoms with Crippen molar-refractivity contribution >= 4 is 5.91 Å². The Labute approximate surface area is 146 Å². The van der Waals surface area contributed by atoms with Crippen molar-refractivity contribution in [2.75, 3.05) is 19.6 Å². The van der Waals surface area contributed by atoms with Crippen LogP contribution in [0.2, 0.25) is 0 Å². The van der Waals surface area contributed by atoms with Gasteiger partial charge in [0.25, 0.3) is 11.5 Å². The van der Waals surface area contributed by atoms with Gasteiger partial charge in [0, 0.05) is 38.4 Å². The second-order valence-corrected chi connectivity index (χ2v) is 6.48. The first-order valence-electron chi connectivity index (χ1n) is 8.50. The normalized spacial score (nSPS) is 18.8. The van der Waals surface area contributed by atoms with E-state index in [1.54, 1.807) is 4.90 Å². The average molecular weight is 343 g/mol. The van der Waals surface area contributed by atoms with Crippen LogP contribution in [0.5, 0.6) is 0 Å². The Morgan fingerprint density at radius 2 is 2.04 bits per heavy atom. The number of pyridine rings is 1. The molecule has 1 saturated heterocycles. The summed E-state index contributed by atoms with van der Waals surface area (Å²) in [5.41, 5.74) is 0.545. The number of H-pyrrole nitrogens is 1. The number of nitrogens with one attached hydrogen (secondary N) is 1. The maximum atomic E-state index is 13.4. The summed E-state index contributed by atoms with van der Waals surface area (Å²) in [5, 5.41) is 0. The Hall–Kier alpha value is -2.47. The molecule has 0 aliphatic carbocycles. The molecule has 0 spiro atoms. The van der Waals surface area contributed by atoms with Gasteiger partial charge in [-0.1, -0.05) is 30.3 Å². The van der Waals surface area contributed by atoms with Crippen LogP contribution < -0.4 is 5.56 Å². The average Bonchev–Trinajstić information content (AvgIpc) is 2.78. The highest BCUT2D eigenvalue weighted by molar-refractivity contribution is 5.94. The fourth-order valence-corrected chi connectivity index (χ4v) is 3.31. The summed E-state index contributed by atoms with van der Waals surface area (Å²) < 4.78 is 13.4. The molecule has 1 aromatic heterocycles. The van der Waals surface area contributed by atoms with Crippen molar-refractivity contribution in [2.24, 2.45) is 0 Å². The van der Waals surface area contributed by atoms with Gasteiger partial charge in [-0.05, 0) is 25.0 Å². The third-order valence-electron chi connectivity index (χ3n) is 4.54. The molecular formula is C19H22FN3O2. The monoisotopic (exact) mass is 343 g/mol. The molecule has 3 rings (SSSR count). The van der Waals surface area contributed by atoms with Crippen LogP contribution in [0, 0.1) is 5.82 Å². The minimum Gasteiger partial charge on any atom is -0.334 e. The molecule has 1 fully saturated rings. The third-order valence-corrected chi connectivity index (χ3v) is 4.54. The number of aromatic nitrogens is 1. The summed E-state index contributed by atoms with van der Waals surface area (Å²) in [4.78, 5) is 30.9. The lowest BCUT2D eigenvalue weighted by molar-refractivity contribution is 0.0689. The number of halogens is 1. The molecule has 0 bridgehead atoms. The quantitative estimate of drug-likeness (QED) is 0.930. The first-order valence-corrected chi connectivity index (χ1v) is 8.50. The van der Waals surface area contributed by atoms with E-state index in [-0.39, 0.29) is 11.6 Å². The zero-order chi connectivity index (χ0) is 17.8. The van der Waals surface area contributed by atoms with Crippen molar-refractivity contribution in [3.63, 3.8) is 0 Å². The van der Waals surface area contributed by atoms with Crippen molar-refractivity contribution in [1.82, 2.24) is 14.8 Å². The summed E-state index contributed by atoms with van der Waals surface area (Å²) in [7, 11) is 0. The minimum atomic E-state index is -0.615. The van der Waals surface area contributed by atoms with E-state index >= 15 is 0 Å². The van der Waals surface area contributed by atoms with Crippen molar-refractivity contribution in [2.45, 2.75) is 25.9 Å². The number of carbonyl (C=O) groups is 1. The predicted octanol–water partition coefficient (Wildman–Crippen LogP) is 2.25. The number of amides is 1. The summed E-state index contributed by atoms with van der Waals surface area (Å²) in [6.07, 6.45) is 1.78. The predicted molar refractivity (Wildman–Crippen MR) is 93.9 cm³/mol. The molecule has 0 saturated carbocycles. The minimum absolute atomic E-state index is 0.0543.